The number of para-hydroxylation sites is 2. The van der Waals surface area contributed by atoms with Gasteiger partial charge in [-0.05, 0) is 54.2 Å². The number of anilines is 2. The number of methoxy groups -OCH3 is 1. The van der Waals surface area contributed by atoms with Crippen molar-refractivity contribution in [3.8, 4) is 5.75 Å². The van der Waals surface area contributed by atoms with Crippen LogP contribution in [0.4, 0.5) is 11.4 Å². The van der Waals surface area contributed by atoms with Crippen molar-refractivity contribution in [3.63, 3.8) is 0 Å². The van der Waals surface area contributed by atoms with E-state index < -0.39 is 6.04 Å². The molecule has 1 amide bonds. The van der Waals surface area contributed by atoms with Gasteiger partial charge in [0.2, 0.25) is 5.91 Å². The molecule has 0 bridgehead atoms. The van der Waals surface area contributed by atoms with E-state index in [1.54, 1.807) is 7.11 Å². The first-order valence-electron chi connectivity index (χ1n) is 13.2. The van der Waals surface area contributed by atoms with Crippen molar-refractivity contribution in [2.75, 3.05) is 17.3 Å². The quantitative estimate of drug-likeness (QED) is 0.354. The van der Waals surface area contributed by atoms with Crippen molar-refractivity contribution in [2.45, 2.75) is 57.4 Å². The van der Waals surface area contributed by atoms with Crippen LogP contribution in [0.1, 0.15) is 68.5 Å². The molecule has 0 aromatic heterocycles. The molecule has 0 saturated carbocycles. The van der Waals surface area contributed by atoms with Crippen LogP contribution in [0.25, 0.3) is 0 Å². The van der Waals surface area contributed by atoms with Crippen molar-refractivity contribution in [1.82, 2.24) is 0 Å². The van der Waals surface area contributed by atoms with Crippen molar-refractivity contribution in [1.29, 1.82) is 0 Å². The fraction of sp³-hybridized carbons (Fsp3) is 0.312. The van der Waals surface area contributed by atoms with Gasteiger partial charge in [0.25, 0.3) is 0 Å². The first kappa shape index (κ1) is 24.8. The lowest BCUT2D eigenvalue weighted by Gasteiger charge is -2.35. The summed E-state index contributed by atoms with van der Waals surface area (Å²) in [6.45, 7) is 2.14. The summed E-state index contributed by atoms with van der Waals surface area (Å²) in [5.41, 5.74) is 5.36. The molecule has 0 unspecified atom stereocenters. The number of hydrogen-bond acceptors (Lipinski definition) is 4. The molecule has 0 spiro atoms. The van der Waals surface area contributed by atoms with Crippen LogP contribution < -0.4 is 15.0 Å². The Hall–Kier alpha value is -3.86. The van der Waals surface area contributed by atoms with Crippen LogP contribution >= 0.6 is 0 Å². The van der Waals surface area contributed by atoms with Gasteiger partial charge < -0.3 is 10.1 Å². The van der Waals surface area contributed by atoms with Gasteiger partial charge in [0.15, 0.2) is 5.78 Å². The van der Waals surface area contributed by atoms with Crippen LogP contribution in [0.3, 0.4) is 0 Å². The Labute approximate surface area is 219 Å². The molecule has 37 heavy (non-hydrogen) atoms. The summed E-state index contributed by atoms with van der Waals surface area (Å²) in [6, 6.07) is 25.4. The summed E-state index contributed by atoms with van der Waals surface area (Å²) >= 11 is 0. The molecule has 3 aromatic rings. The highest BCUT2D eigenvalue weighted by Gasteiger charge is 2.41. The Morgan fingerprint density at radius 1 is 0.919 bits per heavy atom. The zero-order valence-electron chi connectivity index (χ0n) is 21.6. The number of allylic oxidation sites excluding steroid dienone is 1. The molecule has 2 atom stereocenters. The Balaban J connectivity index is 1.62. The predicted octanol–water partition coefficient (Wildman–Crippen LogP) is 7.18. The number of nitrogens with one attached hydrogen (secondary N) is 1. The summed E-state index contributed by atoms with van der Waals surface area (Å²) in [7, 11) is 1.65. The molecule has 0 fully saturated rings. The van der Waals surface area contributed by atoms with Gasteiger partial charge in [-0.3, -0.25) is 14.5 Å². The molecule has 1 heterocycles. The maximum atomic E-state index is 14.0. The highest BCUT2D eigenvalue weighted by atomic mass is 16.5. The molecule has 1 aliphatic carbocycles. The number of amides is 1. The van der Waals surface area contributed by atoms with Gasteiger partial charge in [-0.1, -0.05) is 74.4 Å². The minimum atomic E-state index is -0.467. The monoisotopic (exact) mass is 494 g/mol. The van der Waals surface area contributed by atoms with Gasteiger partial charge in [0.05, 0.1) is 24.5 Å². The summed E-state index contributed by atoms with van der Waals surface area (Å²) in [4.78, 5) is 29.7. The van der Waals surface area contributed by atoms with E-state index in [0.717, 1.165) is 53.2 Å². The van der Waals surface area contributed by atoms with E-state index in [1.165, 1.54) is 0 Å². The number of carbonyl (C=O) groups is 2. The molecular formula is C32H34N2O3. The Kier molecular flexibility index (Phi) is 7.40. The first-order chi connectivity index (χ1) is 18.1. The standard InChI is InChI=1S/C32H34N2O3/c1-3-4-6-15-30(36)34-28-14-10-9-13-26(28)33-27-20-24(22-16-18-25(37-2)19-17-22)21-29(35)31(27)32(34)23-11-7-5-8-12-23/h5,7-14,16-19,24,32-33H,3-4,6,15,20-21H2,1-2H3/t24-,32+/m0/s1. The highest BCUT2D eigenvalue weighted by molar-refractivity contribution is 6.06. The van der Waals surface area contributed by atoms with Crippen molar-refractivity contribution < 1.29 is 14.3 Å². The molecule has 3 aromatic carbocycles. The number of unbranched alkanes of at least 4 members (excludes halogenated alkanes) is 2. The lowest BCUT2D eigenvalue weighted by atomic mass is 9.78. The third-order valence-electron chi connectivity index (χ3n) is 7.45. The maximum absolute atomic E-state index is 14.0. The maximum Gasteiger partial charge on any atom is 0.227 e. The first-order valence-corrected chi connectivity index (χ1v) is 13.2. The number of Topliss-reactive ketones (excluding diaryl/α,β-unsaturated/α-hetero) is 1. The molecule has 5 rings (SSSR count). The SMILES string of the molecule is CCCCCC(=O)N1c2ccccc2NC2=C(C(=O)C[C@@H](c3ccc(OC)cc3)C2)[C@H]1c1ccccc1. The van der Waals surface area contributed by atoms with E-state index >= 15 is 0 Å². The zero-order valence-corrected chi connectivity index (χ0v) is 21.6. The number of carbonyl (C=O) groups excluding carboxylic acids is 2. The van der Waals surface area contributed by atoms with Crippen LogP contribution in [-0.4, -0.2) is 18.8 Å². The fourth-order valence-electron chi connectivity index (χ4n) is 5.57. The fourth-order valence-corrected chi connectivity index (χ4v) is 5.57. The third kappa shape index (κ3) is 5.04. The van der Waals surface area contributed by atoms with Gasteiger partial charge in [-0.25, -0.2) is 0 Å². The number of rotatable bonds is 7. The number of hydrogen-bond donors (Lipinski definition) is 1. The molecule has 190 valence electrons. The minimum absolute atomic E-state index is 0.0513. The van der Waals surface area contributed by atoms with E-state index in [1.807, 2.05) is 83.8 Å². The third-order valence-corrected chi connectivity index (χ3v) is 7.45. The highest BCUT2D eigenvalue weighted by Crippen LogP contribution is 2.47. The number of ketones is 1. The minimum Gasteiger partial charge on any atom is -0.497 e. The molecule has 1 N–H and O–H groups in total. The van der Waals surface area contributed by atoms with E-state index in [9.17, 15) is 9.59 Å². The predicted molar refractivity (Wildman–Crippen MR) is 148 cm³/mol. The molecule has 5 nitrogen and oxygen atoms in total. The summed E-state index contributed by atoms with van der Waals surface area (Å²) in [5, 5.41) is 3.61. The van der Waals surface area contributed by atoms with E-state index in [4.69, 9.17) is 4.74 Å². The summed E-state index contributed by atoms with van der Waals surface area (Å²) in [6.07, 6.45) is 4.45. The summed E-state index contributed by atoms with van der Waals surface area (Å²) < 4.78 is 5.33. The van der Waals surface area contributed by atoms with E-state index in [-0.39, 0.29) is 17.6 Å². The smallest absolute Gasteiger partial charge is 0.227 e. The average molecular weight is 495 g/mol. The Bertz CT molecular complexity index is 1300. The summed E-state index contributed by atoms with van der Waals surface area (Å²) in [5.74, 6) is 0.992. The van der Waals surface area contributed by atoms with Crippen LogP contribution in [0.5, 0.6) is 5.75 Å². The van der Waals surface area contributed by atoms with Gasteiger partial charge in [0, 0.05) is 24.1 Å². The number of nitrogens with zero attached hydrogens (tertiary/aromatic N) is 1. The van der Waals surface area contributed by atoms with Crippen molar-refractivity contribution in [3.05, 3.63) is 101 Å². The number of fused-ring (bicyclic) bond motifs is 1. The van der Waals surface area contributed by atoms with Crippen LogP contribution in [0.15, 0.2) is 90.1 Å². The number of benzene rings is 3. The molecule has 2 aliphatic rings. The molecule has 0 radical (unpaired) electrons. The molecular weight excluding hydrogens is 460 g/mol. The lowest BCUT2D eigenvalue weighted by molar-refractivity contribution is -0.119. The van der Waals surface area contributed by atoms with Crippen molar-refractivity contribution >= 4 is 23.1 Å². The second kappa shape index (κ2) is 11.0. The lowest BCUT2D eigenvalue weighted by Crippen LogP contribution is -2.38. The van der Waals surface area contributed by atoms with Crippen LogP contribution in [-0.2, 0) is 9.59 Å². The normalized spacial score (nSPS) is 19.0. The second-order valence-corrected chi connectivity index (χ2v) is 9.87. The topological polar surface area (TPSA) is 58.6 Å². The van der Waals surface area contributed by atoms with Gasteiger partial charge in [0.1, 0.15) is 5.75 Å². The molecule has 0 saturated heterocycles. The van der Waals surface area contributed by atoms with E-state index in [0.29, 0.717) is 24.8 Å². The largest absolute Gasteiger partial charge is 0.497 e. The van der Waals surface area contributed by atoms with E-state index in [2.05, 4.69) is 12.2 Å². The second-order valence-electron chi connectivity index (χ2n) is 9.87. The average Bonchev–Trinajstić information content (AvgIpc) is 3.08. The van der Waals surface area contributed by atoms with Gasteiger partial charge in [-0.15, -0.1) is 0 Å². The van der Waals surface area contributed by atoms with Gasteiger partial charge >= 0.3 is 0 Å². The molecule has 1 aliphatic heterocycles. The Morgan fingerprint density at radius 3 is 2.38 bits per heavy atom. The molecule has 5 heteroatoms. The number of ether oxygens (including phenoxy) is 1. The van der Waals surface area contributed by atoms with Crippen molar-refractivity contribution in [2.24, 2.45) is 0 Å². The van der Waals surface area contributed by atoms with Crippen LogP contribution in [0, 0.1) is 0 Å². The Morgan fingerprint density at radius 2 is 1.65 bits per heavy atom. The van der Waals surface area contributed by atoms with Gasteiger partial charge in [-0.2, -0.15) is 0 Å². The zero-order chi connectivity index (χ0) is 25.8. The van der Waals surface area contributed by atoms with Crippen LogP contribution in [0.2, 0.25) is 0 Å².